The van der Waals surface area contributed by atoms with Gasteiger partial charge < -0.3 is 9.80 Å². The maximum atomic E-state index is 6.37. The third-order valence-electron chi connectivity index (χ3n) is 3.76. The lowest BCUT2D eigenvalue weighted by Crippen LogP contribution is -2.46. The molecule has 0 aliphatic carbocycles. The van der Waals surface area contributed by atoms with E-state index in [9.17, 15) is 0 Å². The number of nitrogens with zero attached hydrogens (tertiary/aromatic N) is 3. The number of pyridine rings is 1. The first kappa shape index (κ1) is 14.5. The Kier molecular flexibility index (Phi) is 4.51. The zero-order valence-corrected chi connectivity index (χ0v) is 13.2. The van der Waals surface area contributed by atoms with Gasteiger partial charge in [-0.05, 0) is 29.8 Å². The van der Waals surface area contributed by atoms with Gasteiger partial charge in [0, 0.05) is 38.3 Å². The van der Waals surface area contributed by atoms with Gasteiger partial charge in [-0.15, -0.1) is 11.6 Å². The molecule has 3 rings (SSSR count). The van der Waals surface area contributed by atoms with Gasteiger partial charge in [-0.25, -0.2) is 4.98 Å². The maximum absolute atomic E-state index is 6.37. The van der Waals surface area contributed by atoms with Crippen LogP contribution in [0, 0.1) is 0 Å². The van der Waals surface area contributed by atoms with Crippen molar-refractivity contribution in [3.05, 3.63) is 53.2 Å². The van der Waals surface area contributed by atoms with Crippen LogP contribution in [0.15, 0.2) is 42.6 Å². The topological polar surface area (TPSA) is 19.4 Å². The zero-order valence-electron chi connectivity index (χ0n) is 11.7. The molecule has 110 valence electrons. The predicted octanol–water partition coefficient (Wildman–Crippen LogP) is 3.80. The van der Waals surface area contributed by atoms with Crippen molar-refractivity contribution >= 4 is 34.7 Å². The van der Waals surface area contributed by atoms with Crippen molar-refractivity contribution in [2.45, 2.75) is 5.88 Å². The number of aromatic nitrogens is 1. The first-order chi connectivity index (χ1) is 10.3. The maximum Gasteiger partial charge on any atom is 0.128 e. The van der Waals surface area contributed by atoms with Gasteiger partial charge in [0.1, 0.15) is 5.82 Å². The van der Waals surface area contributed by atoms with Crippen LogP contribution in [-0.2, 0) is 5.88 Å². The van der Waals surface area contributed by atoms with Crippen LogP contribution in [0.25, 0.3) is 0 Å². The summed E-state index contributed by atoms with van der Waals surface area (Å²) in [6, 6.07) is 12.1. The van der Waals surface area contributed by atoms with Crippen molar-refractivity contribution in [1.29, 1.82) is 0 Å². The summed E-state index contributed by atoms with van der Waals surface area (Å²) in [6.45, 7) is 3.78. The molecule has 1 aliphatic heterocycles. The van der Waals surface area contributed by atoms with E-state index >= 15 is 0 Å². The lowest BCUT2D eigenvalue weighted by molar-refractivity contribution is 0.647. The Labute approximate surface area is 135 Å². The average Bonchev–Trinajstić information content (AvgIpc) is 2.56. The second-order valence-corrected chi connectivity index (χ2v) is 5.76. The van der Waals surface area contributed by atoms with Gasteiger partial charge >= 0.3 is 0 Å². The van der Waals surface area contributed by atoms with Gasteiger partial charge in [0.25, 0.3) is 0 Å². The molecule has 0 N–H and O–H groups in total. The summed E-state index contributed by atoms with van der Waals surface area (Å²) in [5, 5.41) is 0.777. The minimum absolute atomic E-state index is 0.494. The van der Waals surface area contributed by atoms with Crippen LogP contribution < -0.4 is 9.80 Å². The summed E-state index contributed by atoms with van der Waals surface area (Å²) in [7, 11) is 0. The van der Waals surface area contributed by atoms with E-state index in [1.54, 1.807) is 0 Å². The molecule has 0 spiro atoms. The lowest BCUT2D eigenvalue weighted by atomic mass is 10.2. The quantitative estimate of drug-likeness (QED) is 0.801. The Morgan fingerprint density at radius 3 is 2.38 bits per heavy atom. The van der Waals surface area contributed by atoms with Gasteiger partial charge in [0.2, 0.25) is 0 Å². The first-order valence-corrected chi connectivity index (χ1v) is 7.94. The van der Waals surface area contributed by atoms with Crippen LogP contribution in [-0.4, -0.2) is 31.2 Å². The molecular formula is C16H17Cl2N3. The number of hydrogen-bond acceptors (Lipinski definition) is 3. The van der Waals surface area contributed by atoms with Crippen molar-refractivity contribution < 1.29 is 0 Å². The number of anilines is 2. The molecule has 1 aliphatic rings. The van der Waals surface area contributed by atoms with Gasteiger partial charge in [0.15, 0.2) is 0 Å². The fourth-order valence-electron chi connectivity index (χ4n) is 2.61. The third-order valence-corrected chi connectivity index (χ3v) is 4.37. The van der Waals surface area contributed by atoms with Crippen molar-refractivity contribution in [2.24, 2.45) is 0 Å². The van der Waals surface area contributed by atoms with Crippen molar-refractivity contribution in [3.8, 4) is 0 Å². The molecule has 0 amide bonds. The van der Waals surface area contributed by atoms with Crippen molar-refractivity contribution in [3.63, 3.8) is 0 Å². The minimum Gasteiger partial charge on any atom is -0.367 e. The Hall–Kier alpha value is -1.45. The molecule has 0 bridgehead atoms. The minimum atomic E-state index is 0.494. The molecule has 21 heavy (non-hydrogen) atoms. The molecule has 0 unspecified atom stereocenters. The lowest BCUT2D eigenvalue weighted by Gasteiger charge is -2.37. The van der Waals surface area contributed by atoms with Crippen molar-refractivity contribution in [2.75, 3.05) is 36.0 Å². The monoisotopic (exact) mass is 321 g/mol. The van der Waals surface area contributed by atoms with Crippen LogP contribution >= 0.6 is 23.2 Å². The summed E-state index contributed by atoms with van der Waals surface area (Å²) < 4.78 is 0. The molecule has 0 atom stereocenters. The van der Waals surface area contributed by atoms with Crippen LogP contribution in [0.4, 0.5) is 11.5 Å². The summed E-state index contributed by atoms with van der Waals surface area (Å²) in [4.78, 5) is 9.03. The van der Waals surface area contributed by atoms with E-state index in [4.69, 9.17) is 23.2 Å². The Bertz CT molecular complexity index is 596. The van der Waals surface area contributed by atoms with Gasteiger partial charge in [-0.2, -0.15) is 0 Å². The largest absolute Gasteiger partial charge is 0.367 e. The molecule has 5 heteroatoms. The van der Waals surface area contributed by atoms with Crippen LogP contribution in [0.5, 0.6) is 0 Å². The number of rotatable bonds is 3. The third kappa shape index (κ3) is 3.25. The van der Waals surface area contributed by atoms with E-state index in [-0.39, 0.29) is 0 Å². The smallest absolute Gasteiger partial charge is 0.128 e. The fourth-order valence-corrected chi connectivity index (χ4v) is 3.10. The molecule has 3 nitrogen and oxygen atoms in total. The molecule has 0 radical (unpaired) electrons. The average molecular weight is 322 g/mol. The highest BCUT2D eigenvalue weighted by Crippen LogP contribution is 2.28. The molecule has 1 saturated heterocycles. The van der Waals surface area contributed by atoms with Gasteiger partial charge in [0.05, 0.1) is 10.7 Å². The van der Waals surface area contributed by atoms with Crippen LogP contribution in [0.1, 0.15) is 5.56 Å². The first-order valence-electron chi connectivity index (χ1n) is 7.03. The van der Waals surface area contributed by atoms with Gasteiger partial charge in [-0.3, -0.25) is 0 Å². The Morgan fingerprint density at radius 1 is 1.00 bits per heavy atom. The zero-order chi connectivity index (χ0) is 14.7. The highest BCUT2D eigenvalue weighted by Gasteiger charge is 2.19. The summed E-state index contributed by atoms with van der Waals surface area (Å²) >= 11 is 12.2. The number of halogens is 2. The molecule has 1 aromatic heterocycles. The van der Waals surface area contributed by atoms with E-state index in [0.29, 0.717) is 5.88 Å². The predicted molar refractivity (Wildman–Crippen MR) is 89.7 cm³/mol. The standard InChI is InChI=1S/C16H17Cl2N3/c17-12-13-4-5-15(14(18)11-13)20-7-9-21(10-8-20)16-3-1-2-6-19-16/h1-6,11H,7-10,12H2. The van der Waals surface area contributed by atoms with Crippen molar-refractivity contribution in [1.82, 2.24) is 4.98 Å². The highest BCUT2D eigenvalue weighted by atomic mass is 35.5. The van der Waals surface area contributed by atoms with E-state index in [0.717, 1.165) is 48.3 Å². The Morgan fingerprint density at radius 2 is 1.76 bits per heavy atom. The normalized spacial score (nSPS) is 15.3. The molecule has 2 heterocycles. The SMILES string of the molecule is ClCc1ccc(N2CCN(c3ccccn3)CC2)c(Cl)c1. The molecule has 1 aromatic carbocycles. The van der Waals surface area contributed by atoms with E-state index in [2.05, 4.69) is 26.9 Å². The van der Waals surface area contributed by atoms with Gasteiger partial charge in [-0.1, -0.05) is 23.7 Å². The molecule has 1 fully saturated rings. The number of hydrogen-bond donors (Lipinski definition) is 0. The second kappa shape index (κ2) is 6.54. The number of piperazine rings is 1. The van der Waals surface area contributed by atoms with Crippen LogP contribution in [0.2, 0.25) is 5.02 Å². The highest BCUT2D eigenvalue weighted by molar-refractivity contribution is 6.33. The fraction of sp³-hybridized carbons (Fsp3) is 0.312. The van der Waals surface area contributed by atoms with E-state index in [1.807, 2.05) is 30.5 Å². The second-order valence-electron chi connectivity index (χ2n) is 5.08. The molecule has 2 aromatic rings. The molecule has 0 saturated carbocycles. The summed E-state index contributed by atoms with van der Waals surface area (Å²) in [5.74, 6) is 1.54. The number of benzene rings is 1. The molecular weight excluding hydrogens is 305 g/mol. The Balaban J connectivity index is 1.68. The van der Waals surface area contributed by atoms with E-state index < -0.39 is 0 Å². The summed E-state index contributed by atoms with van der Waals surface area (Å²) in [5.41, 5.74) is 2.14. The van der Waals surface area contributed by atoms with E-state index in [1.165, 1.54) is 0 Å². The summed E-state index contributed by atoms with van der Waals surface area (Å²) in [6.07, 6.45) is 1.84. The number of alkyl halides is 1. The van der Waals surface area contributed by atoms with Crippen LogP contribution in [0.3, 0.4) is 0 Å².